The molecule has 16 heavy (non-hydrogen) atoms. The molecule has 0 aliphatic carbocycles. The van der Waals surface area contributed by atoms with E-state index in [1.54, 1.807) is 0 Å². The van der Waals surface area contributed by atoms with Gasteiger partial charge in [0.25, 0.3) is 5.69 Å². The number of hydrogen-bond acceptors (Lipinski definition) is 4. The molecule has 1 aromatic carbocycles. The van der Waals surface area contributed by atoms with Gasteiger partial charge in [0.2, 0.25) is 0 Å². The minimum absolute atomic E-state index is 0.0800. The average Bonchev–Trinajstić information content (AvgIpc) is 2.25. The van der Waals surface area contributed by atoms with Crippen LogP contribution >= 0.6 is 11.8 Å². The molecule has 5 nitrogen and oxygen atoms in total. The first-order chi connectivity index (χ1) is 7.56. The van der Waals surface area contributed by atoms with E-state index in [9.17, 15) is 14.9 Å². The molecule has 0 aromatic heterocycles. The standard InChI is InChI=1S/C10H11NO4S/c1-2-5-16-9-6-7(11(14)15)3-4-8(9)10(12)13/h3-4,6H,2,5H2,1H3,(H,12,13). The number of carbonyl (C=O) groups is 1. The number of hydrogen-bond donors (Lipinski definition) is 1. The van der Waals surface area contributed by atoms with Crippen LogP contribution in [0.1, 0.15) is 23.7 Å². The largest absolute Gasteiger partial charge is 0.478 e. The Bertz CT molecular complexity index is 419. The number of nitrogens with zero attached hydrogens (tertiary/aromatic N) is 1. The summed E-state index contributed by atoms with van der Waals surface area (Å²) < 4.78 is 0. The van der Waals surface area contributed by atoms with Gasteiger partial charge in [-0.2, -0.15) is 0 Å². The first-order valence-electron chi connectivity index (χ1n) is 4.70. The smallest absolute Gasteiger partial charge is 0.336 e. The average molecular weight is 241 g/mol. The number of carboxylic acids is 1. The van der Waals surface area contributed by atoms with Gasteiger partial charge in [-0.1, -0.05) is 6.92 Å². The molecule has 6 heteroatoms. The zero-order valence-electron chi connectivity index (χ0n) is 8.67. The fourth-order valence-corrected chi connectivity index (χ4v) is 2.07. The highest BCUT2D eigenvalue weighted by molar-refractivity contribution is 7.99. The Morgan fingerprint density at radius 1 is 1.56 bits per heavy atom. The third kappa shape index (κ3) is 2.96. The molecule has 0 atom stereocenters. The van der Waals surface area contributed by atoms with Gasteiger partial charge in [-0.25, -0.2) is 4.79 Å². The van der Waals surface area contributed by atoms with Gasteiger partial charge >= 0.3 is 5.97 Å². The van der Waals surface area contributed by atoms with Gasteiger partial charge in [-0.15, -0.1) is 11.8 Å². The molecule has 0 radical (unpaired) electrons. The van der Waals surface area contributed by atoms with E-state index < -0.39 is 10.9 Å². The number of aromatic carboxylic acids is 1. The Morgan fingerprint density at radius 3 is 2.75 bits per heavy atom. The van der Waals surface area contributed by atoms with Crippen molar-refractivity contribution >= 4 is 23.4 Å². The molecular weight excluding hydrogens is 230 g/mol. The first-order valence-corrected chi connectivity index (χ1v) is 5.69. The summed E-state index contributed by atoms with van der Waals surface area (Å²) in [7, 11) is 0. The van der Waals surface area contributed by atoms with Crippen molar-refractivity contribution in [1.82, 2.24) is 0 Å². The number of non-ortho nitro benzene ring substituents is 1. The Labute approximate surface area is 96.6 Å². The van der Waals surface area contributed by atoms with Crippen LogP contribution < -0.4 is 0 Å². The highest BCUT2D eigenvalue weighted by Gasteiger charge is 2.15. The van der Waals surface area contributed by atoms with Gasteiger partial charge in [0.15, 0.2) is 0 Å². The monoisotopic (exact) mass is 241 g/mol. The number of benzene rings is 1. The number of nitro benzene ring substituents is 1. The molecule has 0 bridgehead atoms. The molecular formula is C10H11NO4S. The highest BCUT2D eigenvalue weighted by Crippen LogP contribution is 2.27. The lowest BCUT2D eigenvalue weighted by atomic mass is 10.2. The predicted octanol–water partition coefficient (Wildman–Crippen LogP) is 2.80. The molecule has 0 fully saturated rings. The summed E-state index contributed by atoms with van der Waals surface area (Å²) in [5.41, 5.74) is 0.0349. The number of carboxylic acid groups (broad SMARTS) is 1. The van der Waals surface area contributed by atoms with Crippen LogP contribution in [0.3, 0.4) is 0 Å². The van der Waals surface area contributed by atoms with Gasteiger partial charge in [0, 0.05) is 17.0 Å². The van der Waals surface area contributed by atoms with Crippen LogP contribution in [-0.2, 0) is 0 Å². The lowest BCUT2D eigenvalue weighted by Gasteiger charge is -2.04. The zero-order valence-corrected chi connectivity index (χ0v) is 9.49. The Hall–Kier alpha value is -1.56. The lowest BCUT2D eigenvalue weighted by molar-refractivity contribution is -0.385. The van der Waals surface area contributed by atoms with Crippen LogP contribution in [0.25, 0.3) is 0 Å². The van der Waals surface area contributed by atoms with E-state index >= 15 is 0 Å². The number of rotatable bonds is 5. The van der Waals surface area contributed by atoms with Crippen molar-refractivity contribution in [3.8, 4) is 0 Å². The molecule has 1 aromatic rings. The fraction of sp³-hybridized carbons (Fsp3) is 0.300. The van der Waals surface area contributed by atoms with Crippen LogP contribution in [-0.4, -0.2) is 21.8 Å². The van der Waals surface area contributed by atoms with Gasteiger partial charge < -0.3 is 5.11 Å². The van der Waals surface area contributed by atoms with Crippen molar-refractivity contribution < 1.29 is 14.8 Å². The van der Waals surface area contributed by atoms with Gasteiger partial charge in [-0.05, 0) is 18.2 Å². The zero-order chi connectivity index (χ0) is 12.1. The molecule has 0 heterocycles. The molecule has 0 unspecified atom stereocenters. The molecule has 1 N–H and O–H groups in total. The molecule has 0 aliphatic rings. The maximum absolute atomic E-state index is 10.9. The third-order valence-electron chi connectivity index (χ3n) is 1.87. The number of thioether (sulfide) groups is 1. The molecule has 0 saturated heterocycles. The summed E-state index contributed by atoms with van der Waals surface area (Å²) in [6.07, 6.45) is 0.881. The van der Waals surface area contributed by atoms with Crippen molar-refractivity contribution in [2.75, 3.05) is 5.75 Å². The van der Waals surface area contributed by atoms with E-state index in [0.29, 0.717) is 4.90 Å². The first kappa shape index (κ1) is 12.5. The predicted molar refractivity (Wildman–Crippen MR) is 61.1 cm³/mol. The van der Waals surface area contributed by atoms with Crippen LogP contribution in [0, 0.1) is 10.1 Å². The fourth-order valence-electron chi connectivity index (χ4n) is 1.13. The van der Waals surface area contributed by atoms with Crippen molar-refractivity contribution in [2.45, 2.75) is 18.2 Å². The minimum atomic E-state index is -1.06. The normalized spacial score (nSPS) is 10.1. The van der Waals surface area contributed by atoms with Gasteiger partial charge in [-0.3, -0.25) is 10.1 Å². The van der Waals surface area contributed by atoms with E-state index in [1.165, 1.54) is 30.0 Å². The molecule has 86 valence electrons. The van der Waals surface area contributed by atoms with Crippen LogP contribution in [0.2, 0.25) is 0 Å². The molecule has 0 spiro atoms. The highest BCUT2D eigenvalue weighted by atomic mass is 32.2. The summed E-state index contributed by atoms with van der Waals surface area (Å²) in [4.78, 5) is 21.4. The Balaban J connectivity index is 3.10. The summed E-state index contributed by atoms with van der Waals surface area (Å²) in [5.74, 6) is -0.324. The summed E-state index contributed by atoms with van der Waals surface area (Å²) >= 11 is 1.32. The molecule has 0 saturated carbocycles. The van der Waals surface area contributed by atoms with E-state index in [0.717, 1.165) is 12.2 Å². The summed E-state index contributed by atoms with van der Waals surface area (Å²) in [6.45, 7) is 1.96. The summed E-state index contributed by atoms with van der Waals surface area (Å²) in [6, 6.07) is 3.79. The third-order valence-corrected chi connectivity index (χ3v) is 3.13. The SMILES string of the molecule is CCCSc1cc([N+](=O)[O-])ccc1C(=O)O. The topological polar surface area (TPSA) is 80.4 Å². The number of nitro groups is 1. The maximum atomic E-state index is 10.9. The molecule has 0 aliphatic heterocycles. The van der Waals surface area contributed by atoms with Gasteiger partial charge in [0.1, 0.15) is 0 Å². The second kappa shape index (κ2) is 5.50. The van der Waals surface area contributed by atoms with E-state index in [1.807, 2.05) is 6.92 Å². The van der Waals surface area contributed by atoms with Crippen LogP contribution in [0.4, 0.5) is 5.69 Å². The van der Waals surface area contributed by atoms with Crippen LogP contribution in [0.15, 0.2) is 23.1 Å². The maximum Gasteiger partial charge on any atom is 0.336 e. The minimum Gasteiger partial charge on any atom is -0.478 e. The Kier molecular flexibility index (Phi) is 4.30. The lowest BCUT2D eigenvalue weighted by Crippen LogP contribution is -2.00. The molecule has 0 amide bonds. The Morgan fingerprint density at radius 2 is 2.25 bits per heavy atom. The summed E-state index contributed by atoms with van der Waals surface area (Å²) in [5, 5.41) is 19.5. The molecule has 1 rings (SSSR count). The van der Waals surface area contributed by atoms with Crippen molar-refractivity contribution in [1.29, 1.82) is 0 Å². The second-order valence-corrected chi connectivity index (χ2v) is 4.23. The quantitative estimate of drug-likeness (QED) is 0.487. The second-order valence-electron chi connectivity index (χ2n) is 3.09. The van der Waals surface area contributed by atoms with Crippen molar-refractivity contribution in [2.24, 2.45) is 0 Å². The van der Waals surface area contributed by atoms with Crippen molar-refractivity contribution in [3.05, 3.63) is 33.9 Å². The van der Waals surface area contributed by atoms with Crippen LogP contribution in [0.5, 0.6) is 0 Å². The van der Waals surface area contributed by atoms with Crippen molar-refractivity contribution in [3.63, 3.8) is 0 Å². The van der Waals surface area contributed by atoms with Gasteiger partial charge in [0.05, 0.1) is 10.5 Å². The van der Waals surface area contributed by atoms with E-state index in [-0.39, 0.29) is 11.3 Å². The van der Waals surface area contributed by atoms with E-state index in [4.69, 9.17) is 5.11 Å². The van der Waals surface area contributed by atoms with E-state index in [2.05, 4.69) is 0 Å².